The number of carbonyl (C=O) groups is 1. The van der Waals surface area contributed by atoms with E-state index >= 15 is 0 Å². The lowest BCUT2D eigenvalue weighted by Gasteiger charge is -2.26. The van der Waals surface area contributed by atoms with Crippen LogP contribution >= 0.6 is 0 Å². The van der Waals surface area contributed by atoms with Gasteiger partial charge in [0.25, 0.3) is 0 Å². The summed E-state index contributed by atoms with van der Waals surface area (Å²) in [4.78, 5) is 11.0. The maximum atomic E-state index is 11.0. The van der Waals surface area contributed by atoms with Crippen LogP contribution in [0.3, 0.4) is 0 Å². The van der Waals surface area contributed by atoms with Crippen molar-refractivity contribution in [3.63, 3.8) is 0 Å². The van der Waals surface area contributed by atoms with Crippen molar-refractivity contribution < 1.29 is 14.6 Å². The first-order valence-electron chi connectivity index (χ1n) is 5.88. The third-order valence-electron chi connectivity index (χ3n) is 2.36. The van der Waals surface area contributed by atoms with Crippen LogP contribution in [0.1, 0.15) is 19.8 Å². The first kappa shape index (κ1) is 14.0. The summed E-state index contributed by atoms with van der Waals surface area (Å²) in [5.74, 6) is 2.70. The predicted octanol–water partition coefficient (Wildman–Crippen LogP) is 1.88. The van der Waals surface area contributed by atoms with Gasteiger partial charge in [0.1, 0.15) is 8.07 Å². The Hall–Kier alpha value is -1.05. The van der Waals surface area contributed by atoms with Crippen molar-refractivity contribution in [2.75, 3.05) is 0 Å². The maximum absolute atomic E-state index is 11.0. The fourth-order valence-corrected chi connectivity index (χ4v) is 2.11. The molecule has 94 valence electrons. The van der Waals surface area contributed by atoms with E-state index in [9.17, 15) is 9.90 Å². The Kier molecular flexibility index (Phi) is 4.55. The second-order valence-corrected chi connectivity index (χ2v) is 10.1. The third kappa shape index (κ3) is 4.76. The summed E-state index contributed by atoms with van der Waals surface area (Å²) in [6.45, 7) is 7.81. The molecular formula is C13H20O3Si. The quantitative estimate of drug-likeness (QED) is 0.440. The fourth-order valence-electron chi connectivity index (χ4n) is 1.59. The Morgan fingerprint density at radius 1 is 1.53 bits per heavy atom. The van der Waals surface area contributed by atoms with Gasteiger partial charge >= 0.3 is 5.97 Å². The molecule has 1 aliphatic rings. The van der Waals surface area contributed by atoms with E-state index in [1.54, 1.807) is 0 Å². The van der Waals surface area contributed by atoms with Gasteiger partial charge in [-0.15, -0.1) is 5.54 Å². The van der Waals surface area contributed by atoms with Crippen LogP contribution in [-0.2, 0) is 9.53 Å². The monoisotopic (exact) mass is 252 g/mol. The Morgan fingerprint density at radius 3 is 2.71 bits per heavy atom. The summed E-state index contributed by atoms with van der Waals surface area (Å²) >= 11 is 0. The van der Waals surface area contributed by atoms with Crippen LogP contribution in [0.4, 0.5) is 0 Å². The zero-order valence-corrected chi connectivity index (χ0v) is 11.9. The standard InChI is InChI=1S/C13H20O3Si/c1-10(14)16-13-11(6-5-7-12(13)15)8-9-17(2,3)4/h6,12-13,15H,5,7H2,1-4H3/t12-,13-/m1/s1. The third-order valence-corrected chi connectivity index (χ3v) is 3.23. The Balaban J connectivity index is 2.89. The van der Waals surface area contributed by atoms with Gasteiger partial charge in [0, 0.05) is 12.5 Å². The smallest absolute Gasteiger partial charge is 0.303 e. The minimum atomic E-state index is -1.46. The minimum absolute atomic E-state index is 0.378. The second kappa shape index (κ2) is 5.52. The Bertz CT molecular complexity index is 382. The summed E-state index contributed by atoms with van der Waals surface area (Å²) in [6.07, 6.45) is 2.16. The maximum Gasteiger partial charge on any atom is 0.303 e. The van der Waals surface area contributed by atoms with Crippen LogP contribution in [0, 0.1) is 11.5 Å². The second-order valence-electron chi connectivity index (χ2n) is 5.33. The van der Waals surface area contributed by atoms with Crippen molar-refractivity contribution in [2.45, 2.75) is 51.6 Å². The molecule has 4 heteroatoms. The summed E-state index contributed by atoms with van der Waals surface area (Å²) in [5, 5.41) is 9.84. The molecule has 0 amide bonds. The molecule has 0 fully saturated rings. The van der Waals surface area contributed by atoms with E-state index in [-0.39, 0.29) is 5.97 Å². The summed E-state index contributed by atoms with van der Waals surface area (Å²) in [7, 11) is -1.46. The van der Waals surface area contributed by atoms with Crippen LogP contribution < -0.4 is 0 Å². The van der Waals surface area contributed by atoms with Gasteiger partial charge in [-0.05, 0) is 12.8 Å². The van der Waals surface area contributed by atoms with E-state index in [2.05, 4.69) is 31.1 Å². The lowest BCUT2D eigenvalue weighted by atomic mass is 9.94. The van der Waals surface area contributed by atoms with Crippen LogP contribution in [0.25, 0.3) is 0 Å². The lowest BCUT2D eigenvalue weighted by molar-refractivity contribution is -0.149. The van der Waals surface area contributed by atoms with Crippen molar-refractivity contribution in [3.05, 3.63) is 11.6 Å². The molecule has 0 bridgehead atoms. The average Bonchev–Trinajstić information content (AvgIpc) is 2.17. The van der Waals surface area contributed by atoms with Crippen LogP contribution in [0.5, 0.6) is 0 Å². The molecule has 0 saturated heterocycles. The van der Waals surface area contributed by atoms with E-state index in [1.807, 2.05) is 6.08 Å². The number of allylic oxidation sites excluding steroid dienone is 1. The topological polar surface area (TPSA) is 46.5 Å². The molecule has 0 aromatic rings. The minimum Gasteiger partial charge on any atom is -0.454 e. The van der Waals surface area contributed by atoms with E-state index < -0.39 is 20.3 Å². The van der Waals surface area contributed by atoms with Gasteiger partial charge in [0.15, 0.2) is 6.10 Å². The summed E-state index contributed by atoms with van der Waals surface area (Å²) in [6, 6.07) is 0. The Morgan fingerprint density at radius 2 is 2.18 bits per heavy atom. The number of aliphatic hydroxyl groups is 1. The van der Waals surface area contributed by atoms with Crippen LogP contribution in [-0.4, -0.2) is 31.4 Å². The highest BCUT2D eigenvalue weighted by Crippen LogP contribution is 2.22. The molecule has 2 atom stereocenters. The molecule has 1 aliphatic carbocycles. The van der Waals surface area contributed by atoms with Crippen molar-refractivity contribution in [1.82, 2.24) is 0 Å². The summed E-state index contributed by atoms with van der Waals surface area (Å²) in [5.41, 5.74) is 3.98. The molecule has 0 aromatic carbocycles. The number of ether oxygens (including phenoxy) is 1. The fraction of sp³-hybridized carbons (Fsp3) is 0.615. The molecule has 0 aliphatic heterocycles. The molecule has 0 radical (unpaired) electrons. The van der Waals surface area contributed by atoms with Gasteiger partial charge in [0.2, 0.25) is 0 Å². The zero-order valence-electron chi connectivity index (χ0n) is 10.9. The van der Waals surface area contributed by atoms with Gasteiger partial charge in [-0.25, -0.2) is 0 Å². The number of aliphatic hydroxyl groups excluding tert-OH is 1. The SMILES string of the molecule is CC(=O)O[C@@H]1C(C#C[Si](C)(C)C)=CCC[C@H]1O. The van der Waals surface area contributed by atoms with Gasteiger partial charge < -0.3 is 9.84 Å². The van der Waals surface area contributed by atoms with Gasteiger partial charge in [0.05, 0.1) is 6.10 Å². The lowest BCUT2D eigenvalue weighted by Crippen LogP contribution is -2.34. The van der Waals surface area contributed by atoms with Crippen molar-refractivity contribution in [2.24, 2.45) is 0 Å². The van der Waals surface area contributed by atoms with E-state index in [1.165, 1.54) is 6.92 Å². The van der Waals surface area contributed by atoms with Gasteiger partial charge in [-0.3, -0.25) is 4.79 Å². The highest BCUT2D eigenvalue weighted by molar-refractivity contribution is 6.83. The highest BCUT2D eigenvalue weighted by atomic mass is 28.3. The molecule has 0 spiro atoms. The number of rotatable bonds is 1. The zero-order chi connectivity index (χ0) is 13.1. The molecule has 0 saturated carbocycles. The molecule has 0 unspecified atom stereocenters. The predicted molar refractivity (Wildman–Crippen MR) is 70.0 cm³/mol. The summed E-state index contributed by atoms with van der Waals surface area (Å²) < 4.78 is 5.14. The molecule has 0 aromatic heterocycles. The molecule has 17 heavy (non-hydrogen) atoms. The number of esters is 1. The van der Waals surface area contributed by atoms with E-state index in [0.717, 1.165) is 12.0 Å². The highest BCUT2D eigenvalue weighted by Gasteiger charge is 2.28. The van der Waals surface area contributed by atoms with Crippen LogP contribution in [0.15, 0.2) is 11.6 Å². The average molecular weight is 252 g/mol. The first-order chi connectivity index (χ1) is 7.79. The molecule has 1 rings (SSSR count). The number of hydrogen-bond acceptors (Lipinski definition) is 3. The van der Waals surface area contributed by atoms with Crippen molar-refractivity contribution >= 4 is 14.0 Å². The van der Waals surface area contributed by atoms with Gasteiger partial charge in [-0.1, -0.05) is 31.6 Å². The van der Waals surface area contributed by atoms with E-state index in [4.69, 9.17) is 4.74 Å². The number of carbonyl (C=O) groups excluding carboxylic acids is 1. The van der Waals surface area contributed by atoms with Crippen LogP contribution in [0.2, 0.25) is 19.6 Å². The largest absolute Gasteiger partial charge is 0.454 e. The first-order valence-corrected chi connectivity index (χ1v) is 9.38. The van der Waals surface area contributed by atoms with Crippen molar-refractivity contribution in [1.29, 1.82) is 0 Å². The molecule has 3 nitrogen and oxygen atoms in total. The molecule has 1 N–H and O–H groups in total. The van der Waals surface area contributed by atoms with E-state index in [0.29, 0.717) is 6.42 Å². The Labute approximate surface area is 104 Å². The molecular weight excluding hydrogens is 232 g/mol. The van der Waals surface area contributed by atoms with Gasteiger partial charge in [-0.2, -0.15) is 0 Å². The normalized spacial score (nSPS) is 24.4. The molecule has 0 heterocycles. The van der Waals surface area contributed by atoms with Crippen molar-refractivity contribution in [3.8, 4) is 11.5 Å². The number of hydrogen-bond donors (Lipinski definition) is 1.